The Bertz CT molecular complexity index is 119. The van der Waals surface area contributed by atoms with Gasteiger partial charge in [0.05, 0.1) is 0 Å². The lowest BCUT2D eigenvalue weighted by atomic mass is 10.3. The van der Waals surface area contributed by atoms with Crippen molar-refractivity contribution in [1.29, 1.82) is 0 Å². The van der Waals surface area contributed by atoms with Gasteiger partial charge in [0.2, 0.25) is 0 Å². The van der Waals surface area contributed by atoms with Gasteiger partial charge in [-0.25, -0.2) is 0 Å². The average molecular weight is 173 g/mol. The molecule has 0 saturated carbocycles. The summed E-state index contributed by atoms with van der Waals surface area (Å²) in [5, 5.41) is 0. The molecule has 0 spiro atoms. The zero-order valence-corrected chi connectivity index (χ0v) is 9.80. The Morgan fingerprint density at radius 2 is 1.70 bits per heavy atom. The van der Waals surface area contributed by atoms with Gasteiger partial charge in [-0.15, -0.1) is 0 Å². The highest BCUT2D eigenvalue weighted by atomic mass is 29.2. The minimum Gasteiger partial charge on any atom is -0.326 e. The maximum atomic E-state index is 2.77. The summed E-state index contributed by atoms with van der Waals surface area (Å²) in [6.45, 7) is 12.9. The second-order valence-electron chi connectivity index (χ2n) is 4.15. The summed E-state index contributed by atoms with van der Waals surface area (Å²) in [4.78, 5) is 0. The lowest BCUT2D eigenvalue weighted by molar-refractivity contribution is 0.309. The van der Waals surface area contributed by atoms with E-state index in [0.717, 1.165) is 0 Å². The molecule has 10 heavy (non-hydrogen) atoms. The number of hydrogen-bond donors (Lipinski definition) is 0. The van der Waals surface area contributed by atoms with Crippen molar-refractivity contribution >= 4 is 16.1 Å². The maximum absolute atomic E-state index is 2.77. The minimum atomic E-state index is -0.825. The van der Waals surface area contributed by atoms with E-state index in [0.29, 0.717) is 0 Å². The van der Waals surface area contributed by atoms with Crippen molar-refractivity contribution in [3.05, 3.63) is 0 Å². The van der Waals surface area contributed by atoms with E-state index in [1.807, 2.05) is 0 Å². The summed E-state index contributed by atoms with van der Waals surface area (Å²) < 4.78 is 2.77. The molecule has 1 nitrogen and oxygen atoms in total. The molecule has 3 heteroatoms. The first kappa shape index (κ1) is 8.49. The Morgan fingerprint density at radius 3 is 1.80 bits per heavy atom. The first-order chi connectivity index (χ1) is 4.55. The third kappa shape index (κ3) is 1.36. The van der Waals surface area contributed by atoms with Crippen LogP contribution in [0.4, 0.5) is 0 Å². The predicted octanol–water partition coefficient (Wildman–Crippen LogP) is 1.46. The lowest BCUT2D eigenvalue weighted by Gasteiger charge is -2.45. The van der Waals surface area contributed by atoms with E-state index in [1.54, 1.807) is 0 Å². The molecule has 0 aromatic carbocycles. The second-order valence-corrected chi connectivity index (χ2v) is 18.1. The Hall–Kier alpha value is 0.394. The smallest absolute Gasteiger partial charge is 0.108 e. The Labute approximate surface area is 66.9 Å². The van der Waals surface area contributed by atoms with Crippen molar-refractivity contribution in [1.82, 2.24) is 4.57 Å². The molecule has 1 saturated heterocycles. The minimum absolute atomic E-state index is 0.339. The molecule has 1 aliphatic heterocycles. The van der Waals surface area contributed by atoms with Crippen LogP contribution in [0.25, 0.3) is 0 Å². The monoisotopic (exact) mass is 173 g/mol. The van der Waals surface area contributed by atoms with Crippen LogP contribution in [0.15, 0.2) is 0 Å². The van der Waals surface area contributed by atoms with Crippen molar-refractivity contribution in [3.8, 4) is 0 Å². The molecule has 1 heterocycles. The molecule has 60 valence electrons. The Morgan fingerprint density at radius 1 is 1.20 bits per heavy atom. The fourth-order valence-electron chi connectivity index (χ4n) is 1.26. The molecule has 1 fully saturated rings. The highest BCUT2D eigenvalue weighted by Crippen LogP contribution is 2.19. The van der Waals surface area contributed by atoms with Crippen molar-refractivity contribution < 1.29 is 0 Å². The Balaban J connectivity index is 2.48. The molecule has 0 unspecified atom stereocenters. The quantitative estimate of drug-likeness (QED) is 0.572. The first-order valence-corrected chi connectivity index (χ1v) is 11.4. The topological polar surface area (TPSA) is 3.24 Å². The summed E-state index contributed by atoms with van der Waals surface area (Å²) in [6.07, 6.45) is 1.46. The molecular weight excluding hydrogens is 154 g/mol. The molecule has 0 aromatic heterocycles. The van der Waals surface area contributed by atoms with E-state index in [2.05, 4.69) is 30.8 Å². The average Bonchev–Trinajstić information content (AvgIpc) is 1.57. The Kier molecular flexibility index (Phi) is 2.37. The standard InChI is InChI=1S/C7H19NSi2/c1-9(2)10(3,4)8-6-5-7-8/h9H,5-7H2,1-4H3. The molecule has 0 aromatic rings. The van der Waals surface area contributed by atoms with Gasteiger partial charge in [-0.1, -0.05) is 26.2 Å². The van der Waals surface area contributed by atoms with Crippen LogP contribution in [0, 0.1) is 0 Å². The fourth-order valence-corrected chi connectivity index (χ4v) is 6.42. The highest BCUT2D eigenvalue weighted by Gasteiger charge is 2.36. The van der Waals surface area contributed by atoms with Gasteiger partial charge in [-0.2, -0.15) is 0 Å². The van der Waals surface area contributed by atoms with E-state index in [9.17, 15) is 0 Å². The first-order valence-electron chi connectivity index (χ1n) is 4.30. The molecule has 1 aliphatic rings. The second kappa shape index (κ2) is 2.79. The predicted molar refractivity (Wildman–Crippen MR) is 52.5 cm³/mol. The van der Waals surface area contributed by atoms with Gasteiger partial charge in [0.15, 0.2) is 0 Å². The van der Waals surface area contributed by atoms with Crippen LogP contribution in [0.5, 0.6) is 0 Å². The normalized spacial score (nSPS) is 21.3. The van der Waals surface area contributed by atoms with Gasteiger partial charge in [-0.3, -0.25) is 0 Å². The van der Waals surface area contributed by atoms with Crippen molar-refractivity contribution in [2.75, 3.05) is 13.1 Å². The molecule has 1 rings (SSSR count). The van der Waals surface area contributed by atoms with Gasteiger partial charge in [0.1, 0.15) is 7.75 Å². The zero-order chi connectivity index (χ0) is 7.78. The maximum Gasteiger partial charge on any atom is 0.108 e. The summed E-state index contributed by atoms with van der Waals surface area (Å²) in [6, 6.07) is 0. The van der Waals surface area contributed by atoms with Gasteiger partial charge in [0.25, 0.3) is 0 Å². The van der Waals surface area contributed by atoms with E-state index in [1.165, 1.54) is 19.5 Å². The molecule has 0 amide bonds. The van der Waals surface area contributed by atoms with Crippen LogP contribution in [0.3, 0.4) is 0 Å². The lowest BCUT2D eigenvalue weighted by Crippen LogP contribution is -2.62. The SMILES string of the molecule is C[SiH](C)[Si](C)(C)N1CCC1. The number of hydrogen-bond acceptors (Lipinski definition) is 1. The van der Waals surface area contributed by atoms with Crippen molar-refractivity contribution in [2.45, 2.75) is 32.6 Å². The van der Waals surface area contributed by atoms with Gasteiger partial charge >= 0.3 is 0 Å². The van der Waals surface area contributed by atoms with E-state index >= 15 is 0 Å². The molecule has 0 aliphatic carbocycles. The third-order valence-corrected chi connectivity index (χ3v) is 17.6. The summed E-state index contributed by atoms with van der Waals surface area (Å²) in [5.41, 5.74) is 0. The van der Waals surface area contributed by atoms with Crippen LogP contribution >= 0.6 is 0 Å². The van der Waals surface area contributed by atoms with E-state index in [4.69, 9.17) is 0 Å². The van der Waals surface area contributed by atoms with Crippen LogP contribution < -0.4 is 0 Å². The van der Waals surface area contributed by atoms with Crippen LogP contribution in [-0.2, 0) is 0 Å². The largest absolute Gasteiger partial charge is 0.326 e. The van der Waals surface area contributed by atoms with Gasteiger partial charge < -0.3 is 4.57 Å². The zero-order valence-electron chi connectivity index (χ0n) is 7.65. The summed E-state index contributed by atoms with van der Waals surface area (Å²) in [5.74, 6) is 0. The number of rotatable bonds is 2. The van der Waals surface area contributed by atoms with Crippen LogP contribution in [-0.4, -0.2) is 33.7 Å². The van der Waals surface area contributed by atoms with Crippen molar-refractivity contribution in [3.63, 3.8) is 0 Å². The van der Waals surface area contributed by atoms with Gasteiger partial charge in [-0.05, 0) is 19.5 Å². The third-order valence-electron chi connectivity index (χ3n) is 3.08. The molecule has 0 N–H and O–H groups in total. The highest BCUT2D eigenvalue weighted by molar-refractivity contribution is 7.30. The molecular formula is C7H19NSi2. The molecule has 0 bridgehead atoms. The van der Waals surface area contributed by atoms with Crippen LogP contribution in [0.2, 0.25) is 26.2 Å². The number of nitrogens with zero attached hydrogens (tertiary/aromatic N) is 1. The van der Waals surface area contributed by atoms with E-state index < -0.39 is 7.75 Å². The molecule has 0 atom stereocenters. The molecule has 0 radical (unpaired) electrons. The van der Waals surface area contributed by atoms with E-state index in [-0.39, 0.29) is 8.31 Å². The van der Waals surface area contributed by atoms with Gasteiger partial charge in [0, 0.05) is 8.31 Å². The van der Waals surface area contributed by atoms with Crippen LogP contribution in [0.1, 0.15) is 6.42 Å². The fraction of sp³-hybridized carbons (Fsp3) is 1.00. The summed E-state index contributed by atoms with van der Waals surface area (Å²) in [7, 11) is -1.16. The summed E-state index contributed by atoms with van der Waals surface area (Å²) >= 11 is 0. The van der Waals surface area contributed by atoms with Crippen molar-refractivity contribution in [2.24, 2.45) is 0 Å².